The van der Waals surface area contributed by atoms with Crippen molar-refractivity contribution in [1.82, 2.24) is 0 Å². The Kier molecular flexibility index (Phi) is 11.2. The Labute approximate surface area is 342 Å². The second kappa shape index (κ2) is 15.3. The monoisotopic (exact) mass is 793 g/mol. The average Bonchev–Trinajstić information content (AvgIpc) is 3.70. The minimum Gasteiger partial charge on any atom is -0.481 e. The third-order valence-electron chi connectivity index (χ3n) is 20.5. The first-order chi connectivity index (χ1) is 26.9. The highest BCUT2D eigenvalue weighted by Crippen LogP contribution is 2.70. The molecule has 0 aromatic carbocycles. The van der Waals surface area contributed by atoms with Gasteiger partial charge in [-0.1, -0.05) is 41.5 Å². The zero-order valence-corrected chi connectivity index (χ0v) is 36.0. The Morgan fingerprint density at radius 1 is 0.596 bits per heavy atom. The maximum atomic E-state index is 12.3. The van der Waals surface area contributed by atoms with Gasteiger partial charge in [0.2, 0.25) is 0 Å². The molecule has 0 heterocycles. The first kappa shape index (κ1) is 41.9. The standard InChI is InChI=1S/C48H76N2O7/c1-26(7-13-41(54)55)32-9-11-34-43-35(17-20-47(32,34)5)45(3)18-15-30(51)21-28(45)23-38(43)49-50-39-24-29-22-31(52)16-19-46(29,4)37-25-40(53)48(6)33(10-12-36(48)44(37)39)27(2)8-14-42(56)57/h26-37,40,43-44,51-53H,7-25H2,1-6H3,(H,54,55)(H,56,57)/b49-38-,50-39-/t26-,27-,28+,29+,30-,31-,32-,33-,34+,35+,36+,37+,40+,43+,44+,45+,46+,47-,48-/m1/s1. The zero-order chi connectivity index (χ0) is 40.8. The van der Waals surface area contributed by atoms with Gasteiger partial charge in [0.1, 0.15) is 0 Å². The van der Waals surface area contributed by atoms with E-state index in [1.54, 1.807) is 0 Å². The van der Waals surface area contributed by atoms with Crippen molar-refractivity contribution in [3.05, 3.63) is 0 Å². The fourth-order valence-corrected chi connectivity index (χ4v) is 17.2. The van der Waals surface area contributed by atoms with Crippen molar-refractivity contribution in [2.24, 2.45) is 103 Å². The van der Waals surface area contributed by atoms with Gasteiger partial charge in [0, 0.05) is 41.5 Å². The molecule has 320 valence electrons. The summed E-state index contributed by atoms with van der Waals surface area (Å²) in [7, 11) is 0. The molecule has 0 aromatic rings. The molecule has 0 aromatic heterocycles. The smallest absolute Gasteiger partial charge is 0.303 e. The van der Waals surface area contributed by atoms with Crippen molar-refractivity contribution in [2.75, 3.05) is 0 Å². The van der Waals surface area contributed by atoms with E-state index in [0.717, 1.165) is 96.3 Å². The number of carboxylic acids is 2. The second-order valence-corrected chi connectivity index (χ2v) is 22.7. The Morgan fingerprint density at radius 2 is 1.05 bits per heavy atom. The number of rotatable bonds is 9. The normalized spacial score (nSPS) is 51.5. The molecule has 0 aliphatic heterocycles. The Hall–Kier alpha value is -1.84. The molecule has 0 unspecified atom stereocenters. The van der Waals surface area contributed by atoms with Crippen LogP contribution >= 0.6 is 0 Å². The van der Waals surface area contributed by atoms with Crippen molar-refractivity contribution >= 4 is 23.4 Å². The molecular weight excluding hydrogens is 717 g/mol. The van der Waals surface area contributed by atoms with Gasteiger partial charge in [0.15, 0.2) is 0 Å². The average molecular weight is 793 g/mol. The summed E-state index contributed by atoms with van der Waals surface area (Å²) in [6.07, 6.45) is 15.1. The van der Waals surface area contributed by atoms with E-state index in [1.165, 1.54) is 17.8 Å². The molecule has 19 atom stereocenters. The molecule has 57 heavy (non-hydrogen) atoms. The quantitative estimate of drug-likeness (QED) is 0.146. The molecule has 9 heteroatoms. The molecule has 8 saturated carbocycles. The van der Waals surface area contributed by atoms with Crippen molar-refractivity contribution in [2.45, 2.75) is 182 Å². The van der Waals surface area contributed by atoms with Gasteiger partial charge in [-0.15, -0.1) is 0 Å². The number of aliphatic carboxylic acids is 2. The topological polar surface area (TPSA) is 160 Å². The van der Waals surface area contributed by atoms with Crippen molar-refractivity contribution in [3.63, 3.8) is 0 Å². The molecular formula is C48H76N2O7. The largest absolute Gasteiger partial charge is 0.481 e. The number of aliphatic hydroxyl groups excluding tert-OH is 3. The van der Waals surface area contributed by atoms with E-state index in [9.17, 15) is 35.1 Å². The van der Waals surface area contributed by atoms with E-state index in [0.29, 0.717) is 47.8 Å². The number of nitrogens with zero attached hydrogens (tertiary/aromatic N) is 2. The summed E-state index contributed by atoms with van der Waals surface area (Å²) in [4.78, 5) is 23.2. The predicted molar refractivity (Wildman–Crippen MR) is 222 cm³/mol. The van der Waals surface area contributed by atoms with E-state index >= 15 is 0 Å². The summed E-state index contributed by atoms with van der Waals surface area (Å²) in [5.41, 5.74) is 2.43. The van der Waals surface area contributed by atoms with Gasteiger partial charge in [-0.3, -0.25) is 9.59 Å². The van der Waals surface area contributed by atoms with Crippen LogP contribution in [0, 0.1) is 92.7 Å². The summed E-state index contributed by atoms with van der Waals surface area (Å²) in [6.45, 7) is 14.3. The molecule has 0 saturated heterocycles. The third kappa shape index (κ3) is 6.80. The first-order valence-electron chi connectivity index (χ1n) is 23.5. The molecule has 9 nitrogen and oxygen atoms in total. The Balaban J connectivity index is 1.18. The Bertz CT molecular complexity index is 1610. The van der Waals surface area contributed by atoms with Crippen molar-refractivity contribution in [3.8, 4) is 0 Å². The maximum Gasteiger partial charge on any atom is 0.303 e. The summed E-state index contributed by atoms with van der Waals surface area (Å²) in [5, 5.41) is 64.5. The molecule has 8 rings (SSSR count). The van der Waals surface area contributed by atoms with Gasteiger partial charge in [-0.25, -0.2) is 0 Å². The van der Waals surface area contributed by atoms with Crippen LogP contribution in [0.2, 0.25) is 0 Å². The van der Waals surface area contributed by atoms with E-state index in [-0.39, 0.29) is 76.3 Å². The highest BCUT2D eigenvalue weighted by atomic mass is 16.4. The van der Waals surface area contributed by atoms with Gasteiger partial charge >= 0.3 is 11.9 Å². The van der Waals surface area contributed by atoms with Crippen LogP contribution in [-0.2, 0) is 9.59 Å². The number of carbonyl (C=O) groups is 2. The summed E-state index contributed by atoms with van der Waals surface area (Å²) >= 11 is 0. The van der Waals surface area contributed by atoms with Crippen LogP contribution in [-0.4, -0.2) is 67.2 Å². The lowest BCUT2D eigenvalue weighted by molar-refractivity contribution is -0.148. The molecule has 8 aliphatic carbocycles. The number of carboxylic acid groups (broad SMARTS) is 2. The fourth-order valence-electron chi connectivity index (χ4n) is 17.2. The van der Waals surface area contributed by atoms with Gasteiger partial charge < -0.3 is 25.5 Å². The third-order valence-corrected chi connectivity index (χ3v) is 20.5. The minimum absolute atomic E-state index is 0.0166. The highest BCUT2D eigenvalue weighted by Gasteiger charge is 2.66. The lowest BCUT2D eigenvalue weighted by Crippen LogP contribution is -2.61. The summed E-state index contributed by atoms with van der Waals surface area (Å²) in [5.74, 6) is 2.61. The molecule has 0 bridgehead atoms. The first-order valence-corrected chi connectivity index (χ1v) is 23.5. The van der Waals surface area contributed by atoms with Crippen molar-refractivity contribution < 1.29 is 35.1 Å². The molecule has 0 spiro atoms. The SMILES string of the molecule is C[C@H](CCC(=O)O)[C@H]1CC[C@H]2[C@@H]3/C(=N\N=C4\C[C@@H]5C[C@H](O)CC[C@]5(C)[C@H]5C[C@H](O)[C@]6(C)[C@@H]([C@H](C)CCC(=O)O)CC[C@H]6[C@H]45)C[C@@H]4C[C@H](O)CC[C@]4(C)[C@H]3CC[C@]12C. The highest BCUT2D eigenvalue weighted by molar-refractivity contribution is 5.92. The molecule has 0 amide bonds. The van der Waals surface area contributed by atoms with Crippen LogP contribution in [0.3, 0.4) is 0 Å². The van der Waals surface area contributed by atoms with Gasteiger partial charge in [-0.05, 0) is 185 Å². The van der Waals surface area contributed by atoms with Crippen LogP contribution < -0.4 is 0 Å². The van der Waals surface area contributed by atoms with Crippen LogP contribution in [0.5, 0.6) is 0 Å². The predicted octanol–water partition coefficient (Wildman–Crippen LogP) is 9.02. The lowest BCUT2D eigenvalue weighted by atomic mass is 9.43. The van der Waals surface area contributed by atoms with Crippen LogP contribution in [0.15, 0.2) is 10.2 Å². The summed E-state index contributed by atoms with van der Waals surface area (Å²) < 4.78 is 0. The minimum atomic E-state index is -0.753. The Morgan fingerprint density at radius 3 is 1.61 bits per heavy atom. The van der Waals surface area contributed by atoms with E-state index in [1.807, 2.05) is 0 Å². The molecule has 8 aliphatic rings. The maximum absolute atomic E-state index is 12.3. The number of hydrogen-bond donors (Lipinski definition) is 5. The van der Waals surface area contributed by atoms with E-state index in [2.05, 4.69) is 41.5 Å². The van der Waals surface area contributed by atoms with Crippen LogP contribution in [0.25, 0.3) is 0 Å². The van der Waals surface area contributed by atoms with Crippen molar-refractivity contribution in [1.29, 1.82) is 0 Å². The van der Waals surface area contributed by atoms with Crippen LogP contribution in [0.4, 0.5) is 0 Å². The lowest BCUT2D eigenvalue weighted by Gasteiger charge is -2.62. The van der Waals surface area contributed by atoms with E-state index in [4.69, 9.17) is 10.2 Å². The number of aliphatic hydroxyl groups is 3. The van der Waals surface area contributed by atoms with Gasteiger partial charge in [0.25, 0.3) is 0 Å². The summed E-state index contributed by atoms with van der Waals surface area (Å²) in [6, 6.07) is 0. The van der Waals surface area contributed by atoms with Gasteiger partial charge in [0.05, 0.1) is 18.3 Å². The molecule has 8 fully saturated rings. The second-order valence-electron chi connectivity index (χ2n) is 22.7. The zero-order valence-electron chi connectivity index (χ0n) is 36.0. The fraction of sp³-hybridized carbons (Fsp3) is 0.917. The number of hydrogen-bond acceptors (Lipinski definition) is 7. The molecule has 0 radical (unpaired) electrons. The molecule has 5 N–H and O–H groups in total. The van der Waals surface area contributed by atoms with E-state index < -0.39 is 18.0 Å². The van der Waals surface area contributed by atoms with Crippen LogP contribution in [0.1, 0.15) is 164 Å². The van der Waals surface area contributed by atoms with Gasteiger partial charge in [-0.2, -0.15) is 10.2 Å². The number of fused-ring (bicyclic) bond motifs is 10.